The summed E-state index contributed by atoms with van der Waals surface area (Å²) in [7, 11) is 0. The number of aryl methyl sites for hydroxylation is 1. The zero-order valence-corrected chi connectivity index (χ0v) is 13.7. The zero-order chi connectivity index (χ0) is 17.1. The molecular weight excluding hydrogens is 306 g/mol. The Labute approximate surface area is 140 Å². The Balaban J connectivity index is 1.56. The minimum atomic E-state index is -0.414. The van der Waals surface area contributed by atoms with Crippen molar-refractivity contribution < 1.29 is 14.1 Å². The Morgan fingerprint density at radius 2 is 2.21 bits per heavy atom. The summed E-state index contributed by atoms with van der Waals surface area (Å²) in [5.41, 5.74) is 7.71. The molecule has 2 N–H and O–H groups in total. The summed E-state index contributed by atoms with van der Waals surface area (Å²) < 4.78 is 5.11. The van der Waals surface area contributed by atoms with Gasteiger partial charge in [-0.25, -0.2) is 0 Å². The maximum atomic E-state index is 12.3. The minimum absolute atomic E-state index is 0.0690. The molecule has 6 heteroatoms. The second-order valence-electron chi connectivity index (χ2n) is 6.37. The molecule has 1 saturated heterocycles. The number of carbonyl (C=O) groups excluding carboxylic acids is 2. The highest BCUT2D eigenvalue weighted by Gasteiger charge is 2.27. The van der Waals surface area contributed by atoms with E-state index in [2.05, 4.69) is 5.16 Å². The van der Waals surface area contributed by atoms with E-state index in [0.717, 1.165) is 37.2 Å². The molecule has 2 aromatic rings. The smallest absolute Gasteiger partial charge is 0.248 e. The Morgan fingerprint density at radius 3 is 2.92 bits per heavy atom. The molecule has 6 nitrogen and oxygen atoms in total. The van der Waals surface area contributed by atoms with Crippen LogP contribution in [-0.4, -0.2) is 35.0 Å². The van der Waals surface area contributed by atoms with Crippen molar-refractivity contribution in [1.29, 1.82) is 0 Å². The fourth-order valence-corrected chi connectivity index (χ4v) is 3.17. The second kappa shape index (κ2) is 6.86. The number of hydrogen-bond acceptors (Lipinski definition) is 4. The Morgan fingerprint density at radius 1 is 1.38 bits per heavy atom. The van der Waals surface area contributed by atoms with E-state index in [0.29, 0.717) is 17.2 Å². The lowest BCUT2D eigenvalue weighted by Crippen LogP contribution is -2.30. The molecule has 3 rings (SSSR count). The maximum Gasteiger partial charge on any atom is 0.248 e. The largest absolute Gasteiger partial charge is 0.366 e. The number of rotatable bonds is 5. The van der Waals surface area contributed by atoms with Crippen molar-refractivity contribution in [2.24, 2.45) is 11.7 Å². The van der Waals surface area contributed by atoms with Gasteiger partial charge in [0.1, 0.15) is 5.76 Å². The molecule has 0 saturated carbocycles. The van der Waals surface area contributed by atoms with Gasteiger partial charge in [-0.3, -0.25) is 9.59 Å². The van der Waals surface area contributed by atoms with E-state index in [1.54, 1.807) is 12.1 Å². The summed E-state index contributed by atoms with van der Waals surface area (Å²) in [5.74, 6) is 0.658. The highest BCUT2D eigenvalue weighted by atomic mass is 16.5. The number of amides is 2. The third-order valence-electron chi connectivity index (χ3n) is 4.38. The second-order valence-corrected chi connectivity index (χ2v) is 6.37. The molecule has 0 unspecified atom stereocenters. The first-order valence-electron chi connectivity index (χ1n) is 8.10. The number of benzene rings is 1. The molecule has 1 aromatic carbocycles. The van der Waals surface area contributed by atoms with Crippen molar-refractivity contribution in [1.82, 2.24) is 10.1 Å². The molecule has 126 valence electrons. The van der Waals surface area contributed by atoms with E-state index in [-0.39, 0.29) is 12.3 Å². The average molecular weight is 327 g/mol. The van der Waals surface area contributed by atoms with Crippen LogP contribution in [0.15, 0.2) is 34.9 Å². The van der Waals surface area contributed by atoms with Crippen molar-refractivity contribution >= 4 is 11.8 Å². The molecule has 0 bridgehead atoms. The van der Waals surface area contributed by atoms with Gasteiger partial charge < -0.3 is 15.2 Å². The molecule has 0 spiro atoms. The standard InChI is InChI=1S/C18H21N3O3/c1-12-7-16(24-20-12)10-17(22)21-6-5-14(11-21)8-13-3-2-4-15(9-13)18(19)23/h2-4,7,9,14H,5-6,8,10-11H2,1H3,(H2,19,23)/t14-/m0/s1. The molecule has 1 aromatic heterocycles. The van der Waals surface area contributed by atoms with E-state index in [1.807, 2.05) is 30.0 Å². The van der Waals surface area contributed by atoms with Gasteiger partial charge >= 0.3 is 0 Å². The summed E-state index contributed by atoms with van der Waals surface area (Å²) >= 11 is 0. The number of primary amides is 1. The number of nitrogens with two attached hydrogens (primary N) is 1. The SMILES string of the molecule is Cc1cc(CC(=O)N2CC[C@@H](Cc3cccc(C(N)=O)c3)C2)on1. The fourth-order valence-electron chi connectivity index (χ4n) is 3.17. The quantitative estimate of drug-likeness (QED) is 0.905. The molecule has 0 radical (unpaired) electrons. The Bertz CT molecular complexity index is 753. The number of nitrogens with zero attached hydrogens (tertiary/aromatic N) is 2. The van der Waals surface area contributed by atoms with Crippen molar-refractivity contribution in [2.45, 2.75) is 26.2 Å². The van der Waals surface area contributed by atoms with E-state index in [4.69, 9.17) is 10.3 Å². The van der Waals surface area contributed by atoms with Crippen LogP contribution in [-0.2, 0) is 17.6 Å². The summed E-state index contributed by atoms with van der Waals surface area (Å²) in [6, 6.07) is 9.19. The normalized spacial score (nSPS) is 17.2. The first-order valence-corrected chi connectivity index (χ1v) is 8.10. The van der Waals surface area contributed by atoms with Crippen LogP contribution in [0.5, 0.6) is 0 Å². The number of hydrogen-bond donors (Lipinski definition) is 1. The van der Waals surface area contributed by atoms with Gasteiger partial charge in [-0.2, -0.15) is 0 Å². The van der Waals surface area contributed by atoms with Crippen LogP contribution < -0.4 is 5.73 Å². The molecule has 1 aliphatic heterocycles. The summed E-state index contributed by atoms with van der Waals surface area (Å²) in [5, 5.41) is 3.81. The molecule has 1 fully saturated rings. The number of carbonyl (C=O) groups is 2. The highest BCUT2D eigenvalue weighted by Crippen LogP contribution is 2.22. The molecule has 0 aliphatic carbocycles. The van der Waals surface area contributed by atoms with Crippen molar-refractivity contribution in [2.75, 3.05) is 13.1 Å². The third kappa shape index (κ3) is 3.82. The Kier molecular flexibility index (Phi) is 4.64. The van der Waals surface area contributed by atoms with E-state index < -0.39 is 5.91 Å². The van der Waals surface area contributed by atoms with E-state index in [1.165, 1.54) is 0 Å². The first-order chi connectivity index (χ1) is 11.5. The van der Waals surface area contributed by atoms with Gasteiger partial charge in [0.15, 0.2) is 0 Å². The van der Waals surface area contributed by atoms with Crippen LogP contribution in [0, 0.1) is 12.8 Å². The van der Waals surface area contributed by atoms with Crippen molar-refractivity contribution in [3.8, 4) is 0 Å². The van der Waals surface area contributed by atoms with Crippen molar-refractivity contribution in [3.63, 3.8) is 0 Å². The van der Waals surface area contributed by atoms with Gasteiger partial charge in [0.25, 0.3) is 0 Å². The van der Waals surface area contributed by atoms with E-state index in [9.17, 15) is 9.59 Å². The third-order valence-corrected chi connectivity index (χ3v) is 4.38. The van der Waals surface area contributed by atoms with Crippen LogP contribution in [0.25, 0.3) is 0 Å². The van der Waals surface area contributed by atoms with Gasteiger partial charge in [0.05, 0.1) is 12.1 Å². The highest BCUT2D eigenvalue weighted by molar-refractivity contribution is 5.92. The van der Waals surface area contributed by atoms with Gasteiger partial charge in [0.2, 0.25) is 11.8 Å². The van der Waals surface area contributed by atoms with Crippen LogP contribution in [0.4, 0.5) is 0 Å². The minimum Gasteiger partial charge on any atom is -0.366 e. The Hall–Kier alpha value is -2.63. The summed E-state index contributed by atoms with van der Waals surface area (Å²) in [6.45, 7) is 3.32. The van der Waals surface area contributed by atoms with Gasteiger partial charge in [0, 0.05) is 24.7 Å². The summed E-state index contributed by atoms with van der Waals surface area (Å²) in [4.78, 5) is 25.5. The van der Waals surface area contributed by atoms with Gasteiger partial charge in [-0.1, -0.05) is 17.3 Å². The molecule has 1 aliphatic rings. The van der Waals surface area contributed by atoms with Gasteiger partial charge in [-0.15, -0.1) is 0 Å². The van der Waals surface area contributed by atoms with Gasteiger partial charge in [-0.05, 0) is 43.4 Å². The molecular formula is C18H21N3O3. The first kappa shape index (κ1) is 16.2. The maximum absolute atomic E-state index is 12.3. The van der Waals surface area contributed by atoms with Crippen molar-refractivity contribution in [3.05, 3.63) is 52.9 Å². The predicted molar refractivity (Wildman–Crippen MR) is 88.3 cm³/mol. The summed E-state index contributed by atoms with van der Waals surface area (Å²) in [6.07, 6.45) is 2.05. The topological polar surface area (TPSA) is 89.4 Å². The monoisotopic (exact) mass is 327 g/mol. The lowest BCUT2D eigenvalue weighted by molar-refractivity contribution is -0.129. The predicted octanol–water partition coefficient (Wildman–Crippen LogP) is 1.72. The van der Waals surface area contributed by atoms with Crippen LogP contribution in [0.2, 0.25) is 0 Å². The number of likely N-dealkylation sites (tertiary alicyclic amines) is 1. The lowest BCUT2D eigenvalue weighted by atomic mass is 9.97. The average Bonchev–Trinajstić information content (AvgIpc) is 3.17. The zero-order valence-electron chi connectivity index (χ0n) is 13.7. The molecule has 2 heterocycles. The van der Waals surface area contributed by atoms with Crippen LogP contribution in [0.3, 0.4) is 0 Å². The van der Waals surface area contributed by atoms with Crippen LogP contribution in [0.1, 0.15) is 33.8 Å². The fraction of sp³-hybridized carbons (Fsp3) is 0.389. The molecule has 1 atom stereocenters. The van der Waals surface area contributed by atoms with E-state index >= 15 is 0 Å². The number of aromatic nitrogens is 1. The molecule has 2 amide bonds. The lowest BCUT2D eigenvalue weighted by Gasteiger charge is -2.16. The molecule has 24 heavy (non-hydrogen) atoms. The van der Waals surface area contributed by atoms with Crippen LogP contribution >= 0.6 is 0 Å².